The number of nitrogens with zero attached hydrogens (tertiary/aromatic N) is 3. The quantitative estimate of drug-likeness (QED) is 0.895. The summed E-state index contributed by atoms with van der Waals surface area (Å²) in [6.45, 7) is 3.18. The van der Waals surface area contributed by atoms with Crippen molar-refractivity contribution in [1.29, 1.82) is 0 Å². The first kappa shape index (κ1) is 12.2. The van der Waals surface area contributed by atoms with Crippen LogP contribution in [0, 0.1) is 5.92 Å². The fraction of sp³-hybridized carbons (Fsp3) is 0.667. The molecule has 0 saturated carbocycles. The molecule has 2 aliphatic rings. The van der Waals surface area contributed by atoms with Crippen LogP contribution in [-0.4, -0.2) is 42.8 Å². The maximum Gasteiger partial charge on any atom is 0.232 e. The smallest absolute Gasteiger partial charge is 0.232 e. The van der Waals surface area contributed by atoms with Gasteiger partial charge in [0.15, 0.2) is 0 Å². The summed E-state index contributed by atoms with van der Waals surface area (Å²) < 4.78 is 6.02. The van der Waals surface area contributed by atoms with E-state index in [-0.39, 0.29) is 0 Å². The largest absolute Gasteiger partial charge is 0.480 e. The second-order valence-electron chi connectivity index (χ2n) is 4.90. The number of ether oxygens (including phenoxy) is 1. The van der Waals surface area contributed by atoms with Crippen molar-refractivity contribution in [2.75, 3.05) is 31.6 Å². The number of halogens is 1. The Balaban J connectivity index is 1.79. The lowest BCUT2D eigenvalue weighted by atomic mass is 9.94. The predicted molar refractivity (Wildman–Crippen MR) is 73.0 cm³/mol. The van der Waals surface area contributed by atoms with E-state index in [0.717, 1.165) is 36.0 Å². The Kier molecular flexibility index (Phi) is 3.39. The summed E-state index contributed by atoms with van der Waals surface area (Å²) in [5.74, 6) is 2.10. The average molecular weight is 313 g/mol. The molecule has 0 aliphatic carbocycles. The van der Waals surface area contributed by atoms with Gasteiger partial charge in [-0.25, -0.2) is 4.98 Å². The molecule has 1 aromatic heterocycles. The summed E-state index contributed by atoms with van der Waals surface area (Å²) >= 11 is 3.38. The zero-order valence-corrected chi connectivity index (χ0v) is 12.0. The van der Waals surface area contributed by atoms with Crippen molar-refractivity contribution >= 4 is 21.9 Å². The zero-order chi connectivity index (χ0) is 12.5. The molecule has 2 aliphatic heterocycles. The van der Waals surface area contributed by atoms with Crippen molar-refractivity contribution in [2.45, 2.75) is 18.9 Å². The summed E-state index contributed by atoms with van der Waals surface area (Å²) in [6.07, 6.45) is 4.35. The van der Waals surface area contributed by atoms with Gasteiger partial charge in [-0.1, -0.05) is 0 Å². The predicted octanol–water partition coefficient (Wildman–Crippen LogP) is 1.44. The van der Waals surface area contributed by atoms with Crippen LogP contribution in [0.15, 0.2) is 10.7 Å². The number of fused-ring (bicyclic) bond motifs is 1. The highest BCUT2D eigenvalue weighted by molar-refractivity contribution is 9.10. The second kappa shape index (κ2) is 5.01. The monoisotopic (exact) mass is 312 g/mol. The minimum atomic E-state index is 0.594. The van der Waals surface area contributed by atoms with Crippen LogP contribution in [-0.2, 0) is 0 Å². The highest BCUT2D eigenvalue weighted by Crippen LogP contribution is 2.29. The van der Waals surface area contributed by atoms with E-state index >= 15 is 0 Å². The van der Waals surface area contributed by atoms with Crippen LogP contribution >= 0.6 is 15.9 Å². The summed E-state index contributed by atoms with van der Waals surface area (Å²) in [5, 5.41) is 3.58. The summed E-state index contributed by atoms with van der Waals surface area (Å²) in [6, 6.07) is 0.594. The normalized spacial score (nSPS) is 27.1. The van der Waals surface area contributed by atoms with Crippen LogP contribution in [0.5, 0.6) is 5.88 Å². The van der Waals surface area contributed by atoms with Crippen molar-refractivity contribution in [3.05, 3.63) is 10.7 Å². The third-order valence-corrected chi connectivity index (χ3v) is 4.32. The molecule has 0 amide bonds. The lowest BCUT2D eigenvalue weighted by Crippen LogP contribution is -2.40. The van der Waals surface area contributed by atoms with Crippen molar-refractivity contribution < 1.29 is 4.74 Å². The number of nitrogens with one attached hydrogen (secondary N) is 1. The number of piperidine rings is 1. The Bertz CT molecular complexity index is 428. The maximum absolute atomic E-state index is 5.22. The Morgan fingerprint density at radius 2 is 2.39 bits per heavy atom. The van der Waals surface area contributed by atoms with Crippen LogP contribution in [0.1, 0.15) is 12.8 Å². The van der Waals surface area contributed by atoms with E-state index in [2.05, 4.69) is 36.1 Å². The van der Waals surface area contributed by atoms with E-state index in [4.69, 9.17) is 4.74 Å². The minimum absolute atomic E-state index is 0.594. The van der Waals surface area contributed by atoms with Crippen LogP contribution in [0.4, 0.5) is 5.95 Å². The van der Waals surface area contributed by atoms with E-state index in [1.165, 1.54) is 12.8 Å². The average Bonchev–Trinajstić information content (AvgIpc) is 2.83. The van der Waals surface area contributed by atoms with Crippen molar-refractivity contribution in [3.63, 3.8) is 0 Å². The van der Waals surface area contributed by atoms with E-state index in [1.807, 2.05) is 0 Å². The summed E-state index contributed by atoms with van der Waals surface area (Å²) in [4.78, 5) is 11.1. The lowest BCUT2D eigenvalue weighted by molar-refractivity contribution is 0.340. The standard InChI is InChI=1S/C12H17BrN4O/c1-18-11-9(13)5-15-12(16-11)17-6-8-3-2-4-14-10(8)7-17/h5,8,10,14H,2-4,6-7H2,1H3. The molecule has 0 radical (unpaired) electrons. The van der Waals surface area contributed by atoms with E-state index < -0.39 is 0 Å². The van der Waals surface area contributed by atoms with Gasteiger partial charge in [-0.3, -0.25) is 0 Å². The van der Waals surface area contributed by atoms with Gasteiger partial charge in [0.25, 0.3) is 0 Å². The molecular formula is C12H17BrN4O. The third kappa shape index (κ3) is 2.19. The number of rotatable bonds is 2. The molecule has 0 aromatic carbocycles. The summed E-state index contributed by atoms with van der Waals surface area (Å²) in [5.41, 5.74) is 0. The Morgan fingerprint density at radius 3 is 3.17 bits per heavy atom. The third-order valence-electron chi connectivity index (χ3n) is 3.77. The summed E-state index contributed by atoms with van der Waals surface area (Å²) in [7, 11) is 1.63. The highest BCUT2D eigenvalue weighted by atomic mass is 79.9. The lowest BCUT2D eigenvalue weighted by Gasteiger charge is -2.24. The van der Waals surface area contributed by atoms with Crippen LogP contribution in [0.25, 0.3) is 0 Å². The molecule has 98 valence electrons. The van der Waals surface area contributed by atoms with Gasteiger partial charge in [-0.2, -0.15) is 4.98 Å². The molecule has 1 aromatic rings. The molecule has 2 fully saturated rings. The molecule has 2 unspecified atom stereocenters. The molecule has 2 atom stereocenters. The molecule has 3 rings (SSSR count). The number of aromatic nitrogens is 2. The van der Waals surface area contributed by atoms with Gasteiger partial charge in [-0.05, 0) is 41.2 Å². The minimum Gasteiger partial charge on any atom is -0.480 e. The first-order valence-corrected chi connectivity index (χ1v) is 7.12. The van der Waals surface area contributed by atoms with Gasteiger partial charge < -0.3 is 15.0 Å². The number of hydrogen-bond donors (Lipinski definition) is 1. The molecule has 6 heteroatoms. The fourth-order valence-corrected chi connectivity index (χ4v) is 3.20. The SMILES string of the molecule is COc1nc(N2CC3CCCNC3C2)ncc1Br. The van der Waals surface area contributed by atoms with Gasteiger partial charge in [-0.15, -0.1) is 0 Å². The number of methoxy groups -OCH3 is 1. The highest BCUT2D eigenvalue weighted by Gasteiger charge is 2.35. The number of anilines is 1. The van der Waals surface area contributed by atoms with E-state index in [9.17, 15) is 0 Å². The molecule has 18 heavy (non-hydrogen) atoms. The molecule has 3 heterocycles. The molecule has 5 nitrogen and oxygen atoms in total. The van der Waals surface area contributed by atoms with Crippen molar-refractivity contribution in [3.8, 4) is 5.88 Å². The van der Waals surface area contributed by atoms with Gasteiger partial charge in [0.1, 0.15) is 0 Å². The maximum atomic E-state index is 5.22. The van der Waals surface area contributed by atoms with Crippen LogP contribution in [0.2, 0.25) is 0 Å². The van der Waals surface area contributed by atoms with Gasteiger partial charge in [0, 0.05) is 19.1 Å². The molecule has 2 saturated heterocycles. The Morgan fingerprint density at radius 1 is 1.50 bits per heavy atom. The van der Waals surface area contributed by atoms with Gasteiger partial charge in [0.05, 0.1) is 17.8 Å². The Hall–Kier alpha value is -0.880. The molecule has 0 spiro atoms. The first-order chi connectivity index (χ1) is 8.78. The molecular weight excluding hydrogens is 296 g/mol. The topological polar surface area (TPSA) is 50.3 Å². The van der Waals surface area contributed by atoms with Crippen molar-refractivity contribution in [1.82, 2.24) is 15.3 Å². The first-order valence-electron chi connectivity index (χ1n) is 6.33. The fourth-order valence-electron chi connectivity index (χ4n) is 2.85. The van der Waals surface area contributed by atoms with E-state index in [0.29, 0.717) is 11.9 Å². The van der Waals surface area contributed by atoms with E-state index in [1.54, 1.807) is 13.3 Å². The van der Waals surface area contributed by atoms with Gasteiger partial charge >= 0.3 is 0 Å². The molecule has 0 bridgehead atoms. The van der Waals surface area contributed by atoms with Gasteiger partial charge in [0.2, 0.25) is 11.8 Å². The molecule has 1 N–H and O–H groups in total. The Labute approximate surface area is 115 Å². The van der Waals surface area contributed by atoms with Crippen LogP contribution < -0.4 is 15.0 Å². The zero-order valence-electron chi connectivity index (χ0n) is 10.4. The van der Waals surface area contributed by atoms with Crippen molar-refractivity contribution in [2.24, 2.45) is 5.92 Å². The second-order valence-corrected chi connectivity index (χ2v) is 5.75. The number of hydrogen-bond acceptors (Lipinski definition) is 5. The van der Waals surface area contributed by atoms with Crippen LogP contribution in [0.3, 0.4) is 0 Å².